The Bertz CT molecular complexity index is 1050. The zero-order valence-corrected chi connectivity index (χ0v) is 24.4. The van der Waals surface area contributed by atoms with Crippen molar-refractivity contribution in [3.63, 3.8) is 0 Å². The maximum atomic E-state index is 13.1. The van der Waals surface area contributed by atoms with E-state index in [1.54, 1.807) is 28.6 Å². The molecule has 0 spiro atoms. The first kappa shape index (κ1) is 27.2. The maximum absolute atomic E-state index is 13.1. The average molecular weight is 542 g/mol. The highest BCUT2D eigenvalue weighted by Crippen LogP contribution is 2.43. The predicted octanol–water partition coefficient (Wildman–Crippen LogP) is 6.20. The van der Waals surface area contributed by atoms with E-state index in [1.165, 1.54) is 11.8 Å². The van der Waals surface area contributed by atoms with Crippen LogP contribution in [0, 0.1) is 6.92 Å². The Morgan fingerprint density at radius 2 is 2.18 bits per heavy atom. The number of carbonyl (C=O) groups excluding carboxylic acids is 1. The van der Waals surface area contributed by atoms with Crippen molar-refractivity contribution in [3.05, 3.63) is 35.8 Å². The van der Waals surface area contributed by atoms with Gasteiger partial charge in [0, 0.05) is 12.2 Å². The van der Waals surface area contributed by atoms with Gasteiger partial charge in [0.1, 0.15) is 17.8 Å². The number of amides is 1. The molecule has 0 bridgehead atoms. The van der Waals surface area contributed by atoms with Crippen LogP contribution in [-0.2, 0) is 13.9 Å². The van der Waals surface area contributed by atoms with E-state index in [-0.39, 0.29) is 23.8 Å². The smallest absolute Gasteiger partial charge is 0.410 e. The topological polar surface area (TPSA) is 65.3 Å². The number of ether oxygens (including phenoxy) is 2. The molecule has 3 atom stereocenters. The van der Waals surface area contributed by atoms with Gasteiger partial charge in [-0.1, -0.05) is 45.2 Å². The summed E-state index contributed by atoms with van der Waals surface area (Å²) in [6.45, 7) is 17.4. The minimum Gasteiger partial charge on any atom is -0.467 e. The highest BCUT2D eigenvalue weighted by molar-refractivity contribution is 8.22. The van der Waals surface area contributed by atoms with Crippen molar-refractivity contribution in [3.8, 4) is 0 Å². The molecule has 1 unspecified atom stereocenters. The lowest BCUT2D eigenvalue weighted by molar-refractivity contribution is 0.0655. The zero-order valence-electron chi connectivity index (χ0n) is 21.0. The van der Waals surface area contributed by atoms with E-state index in [2.05, 4.69) is 45.4 Å². The molecule has 3 rings (SSSR count). The first-order valence-corrected chi connectivity index (χ1v) is 16.6. The van der Waals surface area contributed by atoms with E-state index in [0.717, 1.165) is 15.4 Å². The number of aryl methyl sites for hydroxylation is 1. The number of carbonyl (C=O) groups is 1. The maximum Gasteiger partial charge on any atom is 0.410 e. The van der Waals surface area contributed by atoms with E-state index in [9.17, 15) is 4.79 Å². The molecule has 0 N–H and O–H groups in total. The van der Waals surface area contributed by atoms with E-state index < -0.39 is 20.5 Å². The summed E-state index contributed by atoms with van der Waals surface area (Å²) in [7, 11) is -2.04. The number of aromatic nitrogens is 2. The zero-order chi connectivity index (χ0) is 25.3. The third kappa shape index (κ3) is 5.70. The Morgan fingerprint density at radius 3 is 2.76 bits per heavy atom. The Kier molecular flexibility index (Phi) is 8.55. The van der Waals surface area contributed by atoms with E-state index in [1.807, 2.05) is 23.8 Å². The number of imidazole rings is 1. The fourth-order valence-electron chi connectivity index (χ4n) is 3.85. The molecule has 1 fully saturated rings. The Balaban J connectivity index is 1.99. The van der Waals surface area contributed by atoms with Gasteiger partial charge >= 0.3 is 6.09 Å². The molecule has 2 aromatic heterocycles. The Morgan fingerprint density at radius 1 is 1.47 bits per heavy atom. The van der Waals surface area contributed by atoms with Gasteiger partial charge in [-0.25, -0.2) is 9.78 Å². The average Bonchev–Trinajstić information content (AvgIpc) is 3.45. The molecule has 7 nitrogen and oxygen atoms in total. The van der Waals surface area contributed by atoms with Gasteiger partial charge in [0.2, 0.25) is 4.38 Å². The van der Waals surface area contributed by atoms with Gasteiger partial charge in [0.05, 0.1) is 23.2 Å². The highest BCUT2D eigenvalue weighted by Gasteiger charge is 2.48. The first-order valence-electron chi connectivity index (χ1n) is 11.3. The number of thioether (sulfide) groups is 1. The Hall–Kier alpha value is -1.40. The van der Waals surface area contributed by atoms with Gasteiger partial charge in [0.25, 0.3) is 0 Å². The number of rotatable bonds is 7. The van der Waals surface area contributed by atoms with Crippen molar-refractivity contribution in [1.29, 1.82) is 0 Å². The number of thiocarbonyl (C=S) groups is 1. The number of hydrogen-bond acceptors (Lipinski definition) is 8. The van der Waals surface area contributed by atoms with Crippen molar-refractivity contribution < 1.29 is 18.7 Å². The number of hydrogen-bond donors (Lipinski definition) is 0. The molecule has 0 radical (unpaired) electrons. The summed E-state index contributed by atoms with van der Waals surface area (Å²) in [5.74, 6) is 0. The first-order chi connectivity index (χ1) is 15.9. The van der Waals surface area contributed by atoms with Crippen LogP contribution in [0.25, 0.3) is 4.83 Å². The molecule has 1 aliphatic heterocycles. The summed E-state index contributed by atoms with van der Waals surface area (Å²) in [6, 6.07) is -0.285. The van der Waals surface area contributed by atoms with Crippen LogP contribution in [0.3, 0.4) is 0 Å². The second-order valence-corrected chi connectivity index (χ2v) is 17.2. The molecular formula is C23H35N3O4S3Si. The van der Waals surface area contributed by atoms with Crippen molar-refractivity contribution in [2.75, 3.05) is 19.4 Å². The molecule has 0 aromatic carbocycles. The third-order valence-electron chi connectivity index (χ3n) is 6.67. The number of likely N-dealkylation sites (tertiary alicyclic amines) is 1. The third-order valence-corrected chi connectivity index (χ3v) is 13.5. The van der Waals surface area contributed by atoms with Crippen LogP contribution in [0.2, 0.25) is 18.1 Å². The molecule has 0 saturated carbocycles. The van der Waals surface area contributed by atoms with Crippen LogP contribution in [-0.4, -0.2) is 64.6 Å². The fourth-order valence-corrected chi connectivity index (χ4v) is 6.70. The summed E-state index contributed by atoms with van der Waals surface area (Å²) in [6.07, 6.45) is 6.80. The SMILES string of the molecule is C=CCOC(=O)N1C[C@H](O[Si](C)(C)C(C)(C)C)C[C@H]1C(OC(=S)SC)c1sc2cncn2c1C. The van der Waals surface area contributed by atoms with Crippen molar-refractivity contribution in [2.24, 2.45) is 0 Å². The number of thiazole rings is 1. The van der Waals surface area contributed by atoms with Crippen LogP contribution < -0.4 is 0 Å². The van der Waals surface area contributed by atoms with Crippen molar-refractivity contribution in [1.82, 2.24) is 14.3 Å². The van der Waals surface area contributed by atoms with Crippen LogP contribution in [0.1, 0.15) is 43.9 Å². The standard InChI is InChI=1S/C23H35N3O4S3Si/c1-9-10-28-21(27)25-13-16(30-34(7,8)23(3,4)5)11-17(25)19(29-22(31)32-6)20-15(2)26-14-24-12-18(26)33-20/h9,12,14,16-17,19H,1,10-11,13H2,2-8H3/t16-,17+,19?/m1/s1. The lowest BCUT2D eigenvalue weighted by Crippen LogP contribution is -2.45. The molecule has 3 heterocycles. The highest BCUT2D eigenvalue weighted by atomic mass is 32.2. The monoisotopic (exact) mass is 541 g/mol. The molecule has 0 aliphatic carbocycles. The minimum atomic E-state index is -2.04. The van der Waals surface area contributed by atoms with Crippen LogP contribution in [0.4, 0.5) is 4.79 Å². The van der Waals surface area contributed by atoms with Crippen molar-refractivity contribution >= 4 is 58.9 Å². The van der Waals surface area contributed by atoms with Crippen molar-refractivity contribution in [2.45, 2.75) is 70.5 Å². The fraction of sp³-hybridized carbons (Fsp3) is 0.609. The van der Waals surface area contributed by atoms with E-state index in [4.69, 9.17) is 26.1 Å². The molecular weight excluding hydrogens is 507 g/mol. The summed E-state index contributed by atoms with van der Waals surface area (Å²) in [5, 5.41) is 0.0620. The van der Waals surface area contributed by atoms with Crippen LogP contribution >= 0.6 is 35.3 Å². The van der Waals surface area contributed by atoms with Gasteiger partial charge in [-0.3, -0.25) is 9.30 Å². The number of fused-ring (bicyclic) bond motifs is 1. The number of nitrogens with zero attached hydrogens (tertiary/aromatic N) is 3. The molecule has 2 aromatic rings. The molecule has 1 saturated heterocycles. The molecule has 11 heteroatoms. The molecule has 1 aliphatic rings. The van der Waals surface area contributed by atoms with E-state index in [0.29, 0.717) is 17.3 Å². The summed E-state index contributed by atoms with van der Waals surface area (Å²) in [4.78, 5) is 21.2. The minimum absolute atomic E-state index is 0.0620. The van der Waals surface area contributed by atoms with Gasteiger partial charge in [-0.2, -0.15) is 0 Å². The molecule has 34 heavy (non-hydrogen) atoms. The second-order valence-electron chi connectivity index (χ2n) is 9.97. The second kappa shape index (κ2) is 10.7. The van der Waals surface area contributed by atoms with Crippen LogP contribution in [0.15, 0.2) is 25.2 Å². The molecule has 1 amide bonds. The quantitative estimate of drug-likeness (QED) is 0.235. The van der Waals surface area contributed by atoms with Gasteiger partial charge in [-0.05, 0) is 50.0 Å². The normalized spacial score (nSPS) is 19.9. The summed E-state index contributed by atoms with van der Waals surface area (Å²) >= 11 is 8.45. The largest absolute Gasteiger partial charge is 0.467 e. The van der Waals surface area contributed by atoms with Gasteiger partial charge in [-0.15, -0.1) is 11.3 Å². The van der Waals surface area contributed by atoms with Gasteiger partial charge in [0.15, 0.2) is 14.4 Å². The lowest BCUT2D eigenvalue weighted by atomic mass is 10.1. The summed E-state index contributed by atoms with van der Waals surface area (Å²) in [5.41, 5.74) is 1.03. The lowest BCUT2D eigenvalue weighted by Gasteiger charge is -2.38. The Labute approximate surface area is 217 Å². The van der Waals surface area contributed by atoms with E-state index >= 15 is 0 Å². The van der Waals surface area contributed by atoms with Crippen LogP contribution in [0.5, 0.6) is 0 Å². The van der Waals surface area contributed by atoms with Gasteiger partial charge < -0.3 is 13.9 Å². The predicted molar refractivity (Wildman–Crippen MR) is 146 cm³/mol. The summed E-state index contributed by atoms with van der Waals surface area (Å²) < 4.78 is 21.0. The molecule has 188 valence electrons.